The van der Waals surface area contributed by atoms with E-state index in [1.807, 2.05) is 55.5 Å². The Hall–Kier alpha value is -2.79. The van der Waals surface area contributed by atoms with Crippen molar-refractivity contribution >= 4 is 31.6 Å². The summed E-state index contributed by atoms with van der Waals surface area (Å²) in [7, 11) is 0. The van der Waals surface area contributed by atoms with Crippen LogP contribution in [0.25, 0.3) is 20.3 Å². The molecule has 2 aromatic heterocycles. The van der Waals surface area contributed by atoms with Crippen molar-refractivity contribution in [2.45, 2.75) is 32.7 Å². The molecule has 0 radical (unpaired) electrons. The zero-order valence-electron chi connectivity index (χ0n) is 15.3. The Morgan fingerprint density at radius 3 is 2.48 bits per heavy atom. The molecule has 0 bridgehead atoms. The summed E-state index contributed by atoms with van der Waals surface area (Å²) in [5, 5.41) is 0.775. The number of aryl methyl sites for hydroxylation is 1. The fourth-order valence-electron chi connectivity index (χ4n) is 3.49. The minimum Gasteiger partial charge on any atom is -0.289 e. The number of aromatic nitrogens is 2. The second kappa shape index (κ2) is 7.08. The van der Waals surface area contributed by atoms with E-state index in [1.165, 1.54) is 11.3 Å². The predicted molar refractivity (Wildman–Crippen MR) is 112 cm³/mol. The Kier molecular flexibility index (Phi) is 4.62. The molecule has 1 atom stereocenters. The van der Waals surface area contributed by atoms with Gasteiger partial charge in [0.25, 0.3) is 5.56 Å². The standard InChI is InChI=1S/C22H20N2O2S/c1-3-9-18-23-21-19(20(25)16-12-7-8-13-17(16)27-21)22(26)24(18)14(2)15-10-5-4-6-11-15/h4-8,10-14H,3,9H2,1-2H3. The smallest absolute Gasteiger partial charge is 0.266 e. The number of hydrogen-bond acceptors (Lipinski definition) is 4. The lowest BCUT2D eigenvalue weighted by Gasteiger charge is -2.20. The largest absolute Gasteiger partial charge is 0.289 e. The fourth-order valence-corrected chi connectivity index (χ4v) is 4.54. The summed E-state index contributed by atoms with van der Waals surface area (Å²) in [5.74, 6) is 0.734. The van der Waals surface area contributed by atoms with E-state index < -0.39 is 0 Å². The molecule has 136 valence electrons. The zero-order chi connectivity index (χ0) is 19.0. The van der Waals surface area contributed by atoms with Gasteiger partial charge in [0, 0.05) is 16.5 Å². The third-order valence-corrected chi connectivity index (χ3v) is 5.93. The summed E-state index contributed by atoms with van der Waals surface area (Å²) in [6, 6.07) is 17.1. The Morgan fingerprint density at radius 2 is 1.74 bits per heavy atom. The molecule has 4 rings (SSSR count). The maximum atomic E-state index is 13.4. The van der Waals surface area contributed by atoms with E-state index in [0.717, 1.165) is 22.5 Å². The van der Waals surface area contributed by atoms with Crippen molar-refractivity contribution in [3.63, 3.8) is 0 Å². The van der Waals surface area contributed by atoms with E-state index >= 15 is 0 Å². The average Bonchev–Trinajstić information content (AvgIpc) is 2.68. The minimum absolute atomic E-state index is 0.187. The van der Waals surface area contributed by atoms with Crippen LogP contribution in [-0.4, -0.2) is 9.55 Å². The third-order valence-electron chi connectivity index (χ3n) is 4.86. The van der Waals surface area contributed by atoms with Crippen LogP contribution in [-0.2, 0) is 6.42 Å². The number of benzene rings is 2. The average molecular weight is 376 g/mol. The summed E-state index contributed by atoms with van der Waals surface area (Å²) < 4.78 is 2.56. The van der Waals surface area contributed by atoms with E-state index in [-0.39, 0.29) is 22.4 Å². The first-order valence-electron chi connectivity index (χ1n) is 9.13. The Balaban J connectivity index is 2.08. The van der Waals surface area contributed by atoms with Gasteiger partial charge in [0.15, 0.2) is 0 Å². The van der Waals surface area contributed by atoms with Crippen molar-refractivity contribution in [3.8, 4) is 0 Å². The van der Waals surface area contributed by atoms with Crippen LogP contribution < -0.4 is 11.0 Å². The van der Waals surface area contributed by atoms with E-state index in [0.29, 0.717) is 16.6 Å². The van der Waals surface area contributed by atoms with Crippen molar-refractivity contribution in [2.75, 3.05) is 0 Å². The Morgan fingerprint density at radius 1 is 1.04 bits per heavy atom. The monoisotopic (exact) mass is 376 g/mol. The van der Waals surface area contributed by atoms with Gasteiger partial charge in [-0.2, -0.15) is 0 Å². The third kappa shape index (κ3) is 2.98. The molecule has 1 unspecified atom stereocenters. The molecule has 0 aliphatic heterocycles. The summed E-state index contributed by atoms with van der Waals surface area (Å²) >= 11 is 1.41. The topological polar surface area (TPSA) is 52.0 Å². The summed E-state index contributed by atoms with van der Waals surface area (Å²) in [6.45, 7) is 4.05. The SMILES string of the molecule is CCCc1nc2sc3ccccc3c(=O)c2c(=O)n1C(C)c1ccccc1. The molecule has 4 nitrogen and oxygen atoms in total. The maximum Gasteiger partial charge on any atom is 0.266 e. The van der Waals surface area contributed by atoms with Gasteiger partial charge in [0.05, 0.1) is 6.04 Å². The van der Waals surface area contributed by atoms with E-state index in [1.54, 1.807) is 10.6 Å². The molecule has 2 heterocycles. The molecule has 0 aliphatic carbocycles. The highest BCUT2D eigenvalue weighted by molar-refractivity contribution is 7.24. The first-order valence-corrected chi connectivity index (χ1v) is 9.95. The lowest BCUT2D eigenvalue weighted by Crippen LogP contribution is -2.31. The Labute approximate surface area is 160 Å². The summed E-state index contributed by atoms with van der Waals surface area (Å²) in [4.78, 5) is 31.8. The summed E-state index contributed by atoms with van der Waals surface area (Å²) in [6.07, 6.45) is 1.57. The van der Waals surface area contributed by atoms with Crippen LogP contribution in [0.4, 0.5) is 0 Å². The highest BCUT2D eigenvalue weighted by Gasteiger charge is 2.20. The van der Waals surface area contributed by atoms with Crippen molar-refractivity contribution in [3.05, 3.63) is 86.6 Å². The molecular formula is C22H20N2O2S. The van der Waals surface area contributed by atoms with Crippen molar-refractivity contribution in [1.29, 1.82) is 0 Å². The van der Waals surface area contributed by atoms with E-state index in [9.17, 15) is 9.59 Å². The van der Waals surface area contributed by atoms with Gasteiger partial charge < -0.3 is 0 Å². The first kappa shape index (κ1) is 17.6. The van der Waals surface area contributed by atoms with Gasteiger partial charge in [-0.25, -0.2) is 4.98 Å². The molecular weight excluding hydrogens is 356 g/mol. The molecule has 27 heavy (non-hydrogen) atoms. The number of rotatable bonds is 4. The zero-order valence-corrected chi connectivity index (χ0v) is 16.1. The fraction of sp³-hybridized carbons (Fsp3) is 0.227. The molecule has 0 saturated carbocycles. The normalized spacial score (nSPS) is 12.5. The molecule has 0 saturated heterocycles. The lowest BCUT2D eigenvalue weighted by molar-refractivity contribution is 0.566. The van der Waals surface area contributed by atoms with Gasteiger partial charge in [0.1, 0.15) is 16.0 Å². The second-order valence-electron chi connectivity index (χ2n) is 6.65. The van der Waals surface area contributed by atoms with Crippen LogP contribution >= 0.6 is 11.3 Å². The molecule has 0 N–H and O–H groups in total. The van der Waals surface area contributed by atoms with Crippen LogP contribution in [0.15, 0.2) is 64.2 Å². The maximum absolute atomic E-state index is 13.4. The molecule has 5 heteroatoms. The molecule has 0 aliphatic rings. The first-order chi connectivity index (χ1) is 13.1. The van der Waals surface area contributed by atoms with Gasteiger partial charge in [-0.05, 0) is 31.0 Å². The minimum atomic E-state index is -0.244. The lowest BCUT2D eigenvalue weighted by atomic mass is 10.1. The van der Waals surface area contributed by atoms with Crippen LogP contribution in [0.1, 0.15) is 37.7 Å². The summed E-state index contributed by atoms with van der Waals surface area (Å²) in [5.41, 5.74) is 0.552. The highest BCUT2D eigenvalue weighted by atomic mass is 32.1. The molecule has 0 spiro atoms. The van der Waals surface area contributed by atoms with Crippen molar-refractivity contribution < 1.29 is 0 Å². The molecule has 0 fully saturated rings. The van der Waals surface area contributed by atoms with Gasteiger partial charge in [-0.3, -0.25) is 14.2 Å². The number of fused-ring (bicyclic) bond motifs is 2. The van der Waals surface area contributed by atoms with Gasteiger partial charge >= 0.3 is 0 Å². The van der Waals surface area contributed by atoms with Crippen LogP contribution in [0, 0.1) is 0 Å². The van der Waals surface area contributed by atoms with Gasteiger partial charge in [-0.15, -0.1) is 11.3 Å². The number of nitrogens with zero attached hydrogens (tertiary/aromatic N) is 2. The van der Waals surface area contributed by atoms with E-state index in [4.69, 9.17) is 4.98 Å². The van der Waals surface area contributed by atoms with Crippen molar-refractivity contribution in [1.82, 2.24) is 9.55 Å². The predicted octanol–water partition coefficient (Wildman–Crippen LogP) is 4.53. The van der Waals surface area contributed by atoms with Gasteiger partial charge in [-0.1, -0.05) is 49.4 Å². The van der Waals surface area contributed by atoms with Gasteiger partial charge in [0.2, 0.25) is 5.43 Å². The molecule has 4 aromatic rings. The van der Waals surface area contributed by atoms with Crippen molar-refractivity contribution in [2.24, 2.45) is 0 Å². The number of hydrogen-bond donors (Lipinski definition) is 0. The quantitative estimate of drug-likeness (QED) is 0.492. The molecule has 0 amide bonds. The van der Waals surface area contributed by atoms with Crippen LogP contribution in [0.5, 0.6) is 0 Å². The van der Waals surface area contributed by atoms with Crippen LogP contribution in [0.3, 0.4) is 0 Å². The Bertz CT molecular complexity index is 1240. The second-order valence-corrected chi connectivity index (χ2v) is 7.68. The molecule has 2 aromatic carbocycles. The van der Waals surface area contributed by atoms with Crippen LogP contribution in [0.2, 0.25) is 0 Å². The highest BCUT2D eigenvalue weighted by Crippen LogP contribution is 2.24. The van der Waals surface area contributed by atoms with E-state index in [2.05, 4.69) is 6.92 Å².